The van der Waals surface area contributed by atoms with Crippen LogP contribution in [-0.4, -0.2) is 22.2 Å². The molecule has 16 heavy (non-hydrogen) atoms. The number of halogens is 1. The molecule has 2 heterocycles. The molecular formula is C10H7ClN2O3. The van der Waals surface area contributed by atoms with E-state index in [9.17, 15) is 9.59 Å². The van der Waals surface area contributed by atoms with Gasteiger partial charge in [0.05, 0.1) is 16.1 Å². The largest absolute Gasteiger partial charge is 0.455 e. The lowest BCUT2D eigenvalue weighted by Crippen LogP contribution is -2.04. The first-order valence-corrected chi connectivity index (χ1v) is 4.82. The number of ether oxygens (including phenoxy) is 1. The first kappa shape index (κ1) is 10.6. The maximum Gasteiger partial charge on any atom is 0.371 e. The van der Waals surface area contributed by atoms with Crippen LogP contribution in [0.2, 0.25) is 5.02 Å². The number of hydrogen-bond acceptors (Lipinski definition) is 4. The van der Waals surface area contributed by atoms with Crippen molar-refractivity contribution in [2.24, 2.45) is 0 Å². The third-order valence-corrected chi connectivity index (χ3v) is 2.38. The molecule has 2 aromatic rings. The summed E-state index contributed by atoms with van der Waals surface area (Å²) < 4.78 is 4.67. The summed E-state index contributed by atoms with van der Waals surface area (Å²) >= 11 is 5.93. The average molecular weight is 239 g/mol. The van der Waals surface area contributed by atoms with Crippen LogP contribution in [0.3, 0.4) is 0 Å². The molecule has 0 spiro atoms. The van der Waals surface area contributed by atoms with Crippen LogP contribution < -0.4 is 0 Å². The molecule has 2 aromatic heterocycles. The Bertz CT molecular complexity index is 550. The molecule has 2 rings (SSSR count). The molecule has 0 aliphatic rings. The molecule has 5 nitrogen and oxygen atoms in total. The number of rotatable bonds is 3. The summed E-state index contributed by atoms with van der Waals surface area (Å²) in [5.41, 5.74) is 1.99. The first-order chi connectivity index (χ1) is 7.72. The van der Waals surface area contributed by atoms with Crippen molar-refractivity contribution >= 4 is 34.9 Å². The van der Waals surface area contributed by atoms with Crippen LogP contribution in [0.5, 0.6) is 0 Å². The summed E-state index contributed by atoms with van der Waals surface area (Å²) in [4.78, 5) is 27.8. The lowest BCUT2D eigenvalue weighted by molar-refractivity contribution is -0.149. The summed E-state index contributed by atoms with van der Waals surface area (Å²) in [6, 6.07) is 1.65. The zero-order valence-corrected chi connectivity index (χ0v) is 8.82. The molecule has 0 unspecified atom stereocenters. The van der Waals surface area contributed by atoms with Crippen molar-refractivity contribution in [3.05, 3.63) is 29.0 Å². The van der Waals surface area contributed by atoms with Crippen LogP contribution in [0.25, 0.3) is 11.0 Å². The Balaban J connectivity index is 2.28. The Morgan fingerprint density at radius 2 is 2.44 bits per heavy atom. The molecule has 0 amide bonds. The average Bonchev–Trinajstić information content (AvgIpc) is 2.70. The van der Waals surface area contributed by atoms with Gasteiger partial charge >= 0.3 is 5.97 Å². The summed E-state index contributed by atoms with van der Waals surface area (Å²) in [5, 5.41) is 0.540. The number of hydrogen-bond donors (Lipinski definition) is 1. The number of esters is 1. The van der Waals surface area contributed by atoms with Gasteiger partial charge in [-0.15, -0.1) is 0 Å². The molecule has 6 heteroatoms. The molecule has 0 fully saturated rings. The summed E-state index contributed by atoms with van der Waals surface area (Å²) in [5.74, 6) is -0.906. The highest BCUT2D eigenvalue weighted by Crippen LogP contribution is 2.23. The number of carbonyl (C=O) groups is 2. The van der Waals surface area contributed by atoms with Crippen molar-refractivity contribution < 1.29 is 14.3 Å². The Morgan fingerprint density at radius 3 is 3.19 bits per heavy atom. The molecule has 0 atom stereocenters. The van der Waals surface area contributed by atoms with Gasteiger partial charge in [-0.2, -0.15) is 0 Å². The molecule has 0 bridgehead atoms. The van der Waals surface area contributed by atoms with E-state index in [2.05, 4.69) is 14.7 Å². The monoisotopic (exact) mass is 238 g/mol. The minimum atomic E-state index is -0.906. The van der Waals surface area contributed by atoms with E-state index in [1.807, 2.05) is 0 Å². The highest BCUT2D eigenvalue weighted by Gasteiger charge is 2.09. The Labute approximate surface area is 95.4 Å². The minimum Gasteiger partial charge on any atom is -0.455 e. The van der Waals surface area contributed by atoms with Gasteiger partial charge in [-0.1, -0.05) is 11.6 Å². The lowest BCUT2D eigenvalue weighted by Gasteiger charge is -1.98. The van der Waals surface area contributed by atoms with E-state index < -0.39 is 5.97 Å². The second-order valence-corrected chi connectivity index (χ2v) is 3.46. The zero-order valence-electron chi connectivity index (χ0n) is 8.07. The number of fused-ring (bicyclic) bond motifs is 1. The fourth-order valence-electron chi connectivity index (χ4n) is 1.34. The van der Waals surface area contributed by atoms with Crippen LogP contribution in [-0.2, 0) is 20.9 Å². The van der Waals surface area contributed by atoms with Crippen LogP contribution >= 0.6 is 11.6 Å². The quantitative estimate of drug-likeness (QED) is 0.499. The number of aromatic amines is 1. The molecule has 0 saturated heterocycles. The highest BCUT2D eigenvalue weighted by molar-refractivity contribution is 6.34. The second-order valence-electron chi connectivity index (χ2n) is 3.06. The number of H-pyrrole nitrogens is 1. The van der Waals surface area contributed by atoms with E-state index in [1.165, 1.54) is 0 Å². The van der Waals surface area contributed by atoms with Gasteiger partial charge in [0.25, 0.3) is 0 Å². The smallest absolute Gasteiger partial charge is 0.371 e. The fourth-order valence-corrected chi connectivity index (χ4v) is 1.54. The van der Waals surface area contributed by atoms with E-state index in [1.54, 1.807) is 18.5 Å². The molecule has 0 aliphatic heterocycles. The number of carbonyl (C=O) groups excluding carboxylic acids is 2. The van der Waals surface area contributed by atoms with Crippen LogP contribution in [0, 0.1) is 0 Å². The van der Waals surface area contributed by atoms with Crippen molar-refractivity contribution in [1.82, 2.24) is 9.97 Å². The molecule has 0 radical (unpaired) electrons. The van der Waals surface area contributed by atoms with Crippen molar-refractivity contribution in [1.29, 1.82) is 0 Å². The van der Waals surface area contributed by atoms with Gasteiger partial charge in [0.2, 0.25) is 6.29 Å². The lowest BCUT2D eigenvalue weighted by atomic mass is 10.3. The molecule has 0 aliphatic carbocycles. The predicted molar refractivity (Wildman–Crippen MR) is 57.0 cm³/mol. The predicted octanol–water partition coefficient (Wildman–Crippen LogP) is 1.46. The molecular weight excluding hydrogens is 232 g/mol. The standard InChI is InChI=1S/C10H7ClN2O3/c11-7-1-2-12-9-6(3-13-10(7)9)5-16-8(15)4-14/h1-4,13H,5H2. The summed E-state index contributed by atoms with van der Waals surface area (Å²) in [6.45, 7) is -0.00901. The van der Waals surface area contributed by atoms with Gasteiger partial charge in [0.1, 0.15) is 6.61 Å². The Kier molecular flexibility index (Phi) is 2.87. The molecule has 1 N–H and O–H groups in total. The van der Waals surface area contributed by atoms with Gasteiger partial charge in [-0.3, -0.25) is 9.78 Å². The SMILES string of the molecule is O=CC(=O)OCc1c[nH]c2c(Cl)ccnc12. The highest BCUT2D eigenvalue weighted by atomic mass is 35.5. The van der Waals surface area contributed by atoms with Crippen molar-refractivity contribution in [2.75, 3.05) is 0 Å². The van der Waals surface area contributed by atoms with Crippen LogP contribution in [0.4, 0.5) is 0 Å². The van der Waals surface area contributed by atoms with E-state index in [0.29, 0.717) is 21.6 Å². The normalized spacial score (nSPS) is 10.3. The maximum absolute atomic E-state index is 10.7. The van der Waals surface area contributed by atoms with Crippen molar-refractivity contribution in [3.8, 4) is 0 Å². The van der Waals surface area contributed by atoms with Gasteiger partial charge < -0.3 is 9.72 Å². The number of aldehydes is 1. The van der Waals surface area contributed by atoms with Crippen molar-refractivity contribution in [3.63, 3.8) is 0 Å². The number of aromatic nitrogens is 2. The van der Waals surface area contributed by atoms with Gasteiger partial charge in [0.15, 0.2) is 0 Å². The number of nitrogens with zero attached hydrogens (tertiary/aromatic N) is 1. The minimum absolute atomic E-state index is 0.00901. The van der Waals surface area contributed by atoms with Gasteiger partial charge in [-0.25, -0.2) is 4.79 Å². The van der Waals surface area contributed by atoms with Gasteiger partial charge in [-0.05, 0) is 6.07 Å². The van der Waals surface area contributed by atoms with Gasteiger partial charge in [0, 0.05) is 18.0 Å². The first-order valence-electron chi connectivity index (χ1n) is 4.45. The topological polar surface area (TPSA) is 72.1 Å². The van der Waals surface area contributed by atoms with Crippen molar-refractivity contribution in [2.45, 2.75) is 6.61 Å². The molecule has 0 saturated carbocycles. The Morgan fingerprint density at radius 1 is 1.62 bits per heavy atom. The van der Waals surface area contributed by atoms with E-state index in [4.69, 9.17) is 11.6 Å². The summed E-state index contributed by atoms with van der Waals surface area (Å²) in [6.07, 6.45) is 3.32. The van der Waals surface area contributed by atoms with Crippen LogP contribution in [0.15, 0.2) is 18.5 Å². The third kappa shape index (κ3) is 1.90. The number of nitrogens with one attached hydrogen (secondary N) is 1. The fraction of sp³-hybridized carbons (Fsp3) is 0.100. The Hall–Kier alpha value is -1.88. The summed E-state index contributed by atoms with van der Waals surface area (Å²) in [7, 11) is 0. The zero-order chi connectivity index (χ0) is 11.5. The van der Waals surface area contributed by atoms with E-state index in [0.717, 1.165) is 0 Å². The van der Waals surface area contributed by atoms with Crippen LogP contribution in [0.1, 0.15) is 5.56 Å². The third-order valence-electron chi connectivity index (χ3n) is 2.06. The molecule has 82 valence electrons. The second kappa shape index (κ2) is 4.32. The molecule has 0 aromatic carbocycles. The van der Waals surface area contributed by atoms with E-state index in [-0.39, 0.29) is 12.9 Å². The number of pyridine rings is 1. The maximum atomic E-state index is 10.7. The van der Waals surface area contributed by atoms with E-state index >= 15 is 0 Å².